The molecule has 0 saturated heterocycles. The maximum absolute atomic E-state index is 9.67. The van der Waals surface area contributed by atoms with Gasteiger partial charge in [0.2, 0.25) is 0 Å². The standard InChI is InChI=1S/C16H28O/c1-6-14(13(3)17)9-10-15-12(2)8-7-11-16(15,4)5/h8-10,13-15,17H,6-7,11H2,1-5H3/b10-9+. The molecule has 1 aliphatic carbocycles. The van der Waals surface area contributed by atoms with Gasteiger partial charge in [0.15, 0.2) is 0 Å². The van der Waals surface area contributed by atoms with Gasteiger partial charge in [-0.1, -0.05) is 44.6 Å². The molecule has 1 nitrogen and oxygen atoms in total. The molecule has 0 radical (unpaired) electrons. The highest BCUT2D eigenvalue weighted by atomic mass is 16.3. The van der Waals surface area contributed by atoms with Crippen LogP contribution >= 0.6 is 0 Å². The van der Waals surface area contributed by atoms with Gasteiger partial charge in [0.25, 0.3) is 0 Å². The predicted molar refractivity (Wildman–Crippen MR) is 74.9 cm³/mol. The van der Waals surface area contributed by atoms with Crippen LogP contribution in [-0.2, 0) is 0 Å². The van der Waals surface area contributed by atoms with E-state index in [0.29, 0.717) is 17.3 Å². The van der Waals surface area contributed by atoms with Crippen LogP contribution < -0.4 is 0 Å². The molecule has 0 aromatic carbocycles. The summed E-state index contributed by atoms with van der Waals surface area (Å²) in [7, 11) is 0. The third-order valence-corrected chi connectivity index (χ3v) is 4.23. The molecule has 1 N–H and O–H groups in total. The maximum atomic E-state index is 9.67. The fourth-order valence-corrected chi connectivity index (χ4v) is 2.87. The first-order valence-electron chi connectivity index (χ1n) is 6.91. The van der Waals surface area contributed by atoms with E-state index < -0.39 is 0 Å². The van der Waals surface area contributed by atoms with Gasteiger partial charge in [-0.25, -0.2) is 0 Å². The van der Waals surface area contributed by atoms with E-state index in [1.54, 1.807) is 0 Å². The Morgan fingerprint density at radius 2 is 2.18 bits per heavy atom. The van der Waals surface area contributed by atoms with Crippen molar-refractivity contribution < 1.29 is 5.11 Å². The number of aliphatic hydroxyl groups is 1. The van der Waals surface area contributed by atoms with Crippen molar-refractivity contribution in [2.24, 2.45) is 17.3 Å². The third-order valence-electron chi connectivity index (χ3n) is 4.23. The molecule has 0 aliphatic heterocycles. The Bertz CT molecular complexity index is 297. The minimum Gasteiger partial charge on any atom is -0.393 e. The first-order chi connectivity index (χ1) is 7.88. The van der Waals surface area contributed by atoms with Gasteiger partial charge in [0, 0.05) is 11.8 Å². The van der Waals surface area contributed by atoms with Crippen LogP contribution in [0.1, 0.15) is 53.9 Å². The second-order valence-corrected chi connectivity index (χ2v) is 6.15. The highest BCUT2D eigenvalue weighted by Gasteiger charge is 2.30. The highest BCUT2D eigenvalue weighted by molar-refractivity contribution is 5.19. The lowest BCUT2D eigenvalue weighted by Crippen LogP contribution is -2.26. The smallest absolute Gasteiger partial charge is 0.0574 e. The Kier molecular flexibility index (Phi) is 5.00. The van der Waals surface area contributed by atoms with Crippen molar-refractivity contribution >= 4 is 0 Å². The molecular weight excluding hydrogens is 208 g/mol. The van der Waals surface area contributed by atoms with Gasteiger partial charge in [-0.3, -0.25) is 0 Å². The number of rotatable bonds is 4. The van der Waals surface area contributed by atoms with Crippen molar-refractivity contribution in [1.82, 2.24) is 0 Å². The lowest BCUT2D eigenvalue weighted by Gasteiger charge is -2.37. The topological polar surface area (TPSA) is 20.2 Å². The van der Waals surface area contributed by atoms with Crippen molar-refractivity contribution in [3.05, 3.63) is 23.8 Å². The van der Waals surface area contributed by atoms with Gasteiger partial charge in [-0.05, 0) is 38.5 Å². The van der Waals surface area contributed by atoms with Gasteiger partial charge in [-0.15, -0.1) is 0 Å². The number of allylic oxidation sites excluding steroid dienone is 3. The summed E-state index contributed by atoms with van der Waals surface area (Å²) in [6.07, 6.45) is 10.1. The molecule has 0 saturated carbocycles. The lowest BCUT2D eigenvalue weighted by atomic mass is 9.68. The first-order valence-corrected chi connectivity index (χ1v) is 6.91. The Balaban J connectivity index is 2.80. The molecule has 0 aromatic heterocycles. The molecule has 3 atom stereocenters. The van der Waals surface area contributed by atoms with Gasteiger partial charge >= 0.3 is 0 Å². The van der Waals surface area contributed by atoms with Crippen LogP contribution in [0.3, 0.4) is 0 Å². The molecule has 0 aromatic rings. The maximum Gasteiger partial charge on any atom is 0.0574 e. The lowest BCUT2D eigenvalue weighted by molar-refractivity contribution is 0.146. The van der Waals surface area contributed by atoms with Crippen molar-refractivity contribution in [3.63, 3.8) is 0 Å². The summed E-state index contributed by atoms with van der Waals surface area (Å²) in [5.41, 5.74) is 1.84. The second kappa shape index (κ2) is 5.86. The Hall–Kier alpha value is -0.560. The fraction of sp³-hybridized carbons (Fsp3) is 0.750. The van der Waals surface area contributed by atoms with E-state index in [2.05, 4.69) is 45.9 Å². The summed E-state index contributed by atoms with van der Waals surface area (Å²) in [4.78, 5) is 0. The van der Waals surface area contributed by atoms with Crippen molar-refractivity contribution in [2.75, 3.05) is 0 Å². The summed E-state index contributed by atoms with van der Waals surface area (Å²) >= 11 is 0. The third kappa shape index (κ3) is 3.70. The summed E-state index contributed by atoms with van der Waals surface area (Å²) in [5, 5.41) is 9.67. The molecule has 0 bridgehead atoms. The van der Waals surface area contributed by atoms with E-state index >= 15 is 0 Å². The quantitative estimate of drug-likeness (QED) is 0.720. The van der Waals surface area contributed by atoms with Gasteiger partial charge < -0.3 is 5.11 Å². The van der Waals surface area contributed by atoms with Gasteiger partial charge in [-0.2, -0.15) is 0 Å². The normalized spacial score (nSPS) is 27.9. The zero-order valence-corrected chi connectivity index (χ0v) is 12.0. The molecule has 1 aliphatic rings. The zero-order chi connectivity index (χ0) is 13.1. The van der Waals surface area contributed by atoms with Gasteiger partial charge in [0.05, 0.1) is 6.10 Å². The molecule has 0 spiro atoms. The molecular formula is C16H28O. The number of hydrogen-bond donors (Lipinski definition) is 1. The predicted octanol–water partition coefficient (Wildman–Crippen LogP) is 4.33. The van der Waals surface area contributed by atoms with Crippen molar-refractivity contribution in [1.29, 1.82) is 0 Å². The first kappa shape index (κ1) is 14.5. The highest BCUT2D eigenvalue weighted by Crippen LogP contribution is 2.41. The van der Waals surface area contributed by atoms with E-state index in [-0.39, 0.29) is 6.10 Å². The number of hydrogen-bond acceptors (Lipinski definition) is 1. The zero-order valence-electron chi connectivity index (χ0n) is 12.0. The van der Waals surface area contributed by atoms with E-state index in [1.807, 2.05) is 6.92 Å². The van der Waals surface area contributed by atoms with Crippen LogP contribution in [-0.4, -0.2) is 11.2 Å². The van der Waals surface area contributed by atoms with Gasteiger partial charge in [0.1, 0.15) is 0 Å². The molecule has 0 heterocycles. The summed E-state index contributed by atoms with van der Waals surface area (Å²) < 4.78 is 0. The minimum atomic E-state index is -0.243. The van der Waals surface area contributed by atoms with Crippen LogP contribution in [0.2, 0.25) is 0 Å². The fourth-order valence-electron chi connectivity index (χ4n) is 2.87. The Morgan fingerprint density at radius 3 is 2.65 bits per heavy atom. The Labute approximate surface area is 107 Å². The molecule has 1 rings (SSSR count). The molecule has 98 valence electrons. The second-order valence-electron chi connectivity index (χ2n) is 6.15. The monoisotopic (exact) mass is 236 g/mol. The summed E-state index contributed by atoms with van der Waals surface area (Å²) in [6, 6.07) is 0. The van der Waals surface area contributed by atoms with Crippen LogP contribution in [0, 0.1) is 17.3 Å². The summed E-state index contributed by atoms with van der Waals surface area (Å²) in [6.45, 7) is 11.0. The molecule has 17 heavy (non-hydrogen) atoms. The summed E-state index contributed by atoms with van der Waals surface area (Å²) in [5.74, 6) is 0.824. The van der Waals surface area contributed by atoms with Crippen molar-refractivity contribution in [3.8, 4) is 0 Å². The van der Waals surface area contributed by atoms with E-state index in [1.165, 1.54) is 18.4 Å². The van der Waals surface area contributed by atoms with Crippen LogP contribution in [0.5, 0.6) is 0 Å². The van der Waals surface area contributed by atoms with E-state index in [9.17, 15) is 5.11 Å². The minimum absolute atomic E-state index is 0.243. The van der Waals surface area contributed by atoms with Crippen LogP contribution in [0.25, 0.3) is 0 Å². The largest absolute Gasteiger partial charge is 0.393 e. The van der Waals surface area contributed by atoms with E-state index in [0.717, 1.165) is 6.42 Å². The van der Waals surface area contributed by atoms with Crippen LogP contribution in [0.4, 0.5) is 0 Å². The number of aliphatic hydroxyl groups excluding tert-OH is 1. The average molecular weight is 236 g/mol. The Morgan fingerprint density at radius 1 is 1.53 bits per heavy atom. The molecule has 0 amide bonds. The van der Waals surface area contributed by atoms with Crippen LogP contribution in [0.15, 0.2) is 23.8 Å². The molecule has 0 fully saturated rings. The SMILES string of the molecule is CCC(/C=C/C1C(C)=CCCC1(C)C)C(C)O. The van der Waals surface area contributed by atoms with E-state index in [4.69, 9.17) is 0 Å². The average Bonchev–Trinajstić information content (AvgIpc) is 2.21. The van der Waals surface area contributed by atoms with Crippen molar-refractivity contribution in [2.45, 2.75) is 60.0 Å². The molecule has 1 heteroatoms. The molecule has 3 unspecified atom stereocenters.